The molecule has 0 radical (unpaired) electrons. The SMILES string of the molecule is COc1ccc(C(C)NC(=O)Cc2cccc(F)c2)cc1Br. The van der Waals surface area contributed by atoms with E-state index in [1.54, 1.807) is 19.2 Å². The zero-order valence-electron chi connectivity index (χ0n) is 12.4. The van der Waals surface area contributed by atoms with Gasteiger partial charge in [0.05, 0.1) is 24.0 Å². The zero-order valence-corrected chi connectivity index (χ0v) is 14.0. The zero-order chi connectivity index (χ0) is 16.1. The van der Waals surface area contributed by atoms with E-state index in [4.69, 9.17) is 4.74 Å². The number of hydrogen-bond donors (Lipinski definition) is 1. The van der Waals surface area contributed by atoms with Crippen LogP contribution in [0.3, 0.4) is 0 Å². The van der Waals surface area contributed by atoms with Crippen molar-refractivity contribution in [1.82, 2.24) is 5.32 Å². The van der Waals surface area contributed by atoms with E-state index in [1.807, 2.05) is 25.1 Å². The molecule has 0 aliphatic carbocycles. The highest BCUT2D eigenvalue weighted by Gasteiger charge is 2.12. The lowest BCUT2D eigenvalue weighted by atomic mass is 10.1. The fourth-order valence-corrected chi connectivity index (χ4v) is 2.72. The summed E-state index contributed by atoms with van der Waals surface area (Å²) in [6.45, 7) is 1.90. The Balaban J connectivity index is 2.00. The minimum atomic E-state index is -0.336. The lowest BCUT2D eigenvalue weighted by Crippen LogP contribution is -2.28. The first-order chi connectivity index (χ1) is 10.5. The Hall–Kier alpha value is -1.88. The van der Waals surface area contributed by atoms with Gasteiger partial charge in [-0.2, -0.15) is 0 Å². The van der Waals surface area contributed by atoms with Gasteiger partial charge in [0.15, 0.2) is 0 Å². The second kappa shape index (κ2) is 7.40. The first-order valence-corrected chi connectivity index (χ1v) is 7.66. The third kappa shape index (κ3) is 4.31. The molecule has 22 heavy (non-hydrogen) atoms. The molecule has 2 aromatic rings. The monoisotopic (exact) mass is 365 g/mol. The molecule has 0 heterocycles. The van der Waals surface area contributed by atoms with Gasteiger partial charge in [0.2, 0.25) is 5.91 Å². The van der Waals surface area contributed by atoms with E-state index in [9.17, 15) is 9.18 Å². The second-order valence-corrected chi connectivity index (χ2v) is 5.84. The number of amides is 1. The number of rotatable bonds is 5. The number of ether oxygens (including phenoxy) is 1. The van der Waals surface area contributed by atoms with Gasteiger partial charge in [-0.25, -0.2) is 4.39 Å². The van der Waals surface area contributed by atoms with Crippen LogP contribution in [-0.2, 0) is 11.2 Å². The average Bonchev–Trinajstić information content (AvgIpc) is 2.46. The summed E-state index contributed by atoms with van der Waals surface area (Å²) < 4.78 is 19.1. The molecule has 2 aromatic carbocycles. The number of halogens is 2. The van der Waals surface area contributed by atoms with Crippen molar-refractivity contribution in [2.24, 2.45) is 0 Å². The van der Waals surface area contributed by atoms with Gasteiger partial charge < -0.3 is 10.1 Å². The van der Waals surface area contributed by atoms with Gasteiger partial charge in [-0.05, 0) is 58.2 Å². The average molecular weight is 366 g/mol. The van der Waals surface area contributed by atoms with E-state index in [0.717, 1.165) is 15.8 Å². The van der Waals surface area contributed by atoms with Crippen LogP contribution in [0.2, 0.25) is 0 Å². The van der Waals surface area contributed by atoms with Gasteiger partial charge in [0.1, 0.15) is 11.6 Å². The lowest BCUT2D eigenvalue weighted by molar-refractivity contribution is -0.121. The van der Waals surface area contributed by atoms with Crippen LogP contribution in [0, 0.1) is 5.82 Å². The highest BCUT2D eigenvalue weighted by atomic mass is 79.9. The first-order valence-electron chi connectivity index (χ1n) is 6.87. The predicted molar refractivity (Wildman–Crippen MR) is 87.4 cm³/mol. The summed E-state index contributed by atoms with van der Waals surface area (Å²) in [5.74, 6) is 0.254. The summed E-state index contributed by atoms with van der Waals surface area (Å²) in [6, 6.07) is 11.6. The molecule has 1 unspecified atom stereocenters. The van der Waals surface area contributed by atoms with Gasteiger partial charge >= 0.3 is 0 Å². The number of methoxy groups -OCH3 is 1. The van der Waals surface area contributed by atoms with Crippen molar-refractivity contribution >= 4 is 21.8 Å². The highest BCUT2D eigenvalue weighted by molar-refractivity contribution is 9.10. The highest BCUT2D eigenvalue weighted by Crippen LogP contribution is 2.27. The Morgan fingerprint density at radius 2 is 2.09 bits per heavy atom. The topological polar surface area (TPSA) is 38.3 Å². The van der Waals surface area contributed by atoms with Gasteiger partial charge in [0.25, 0.3) is 0 Å². The van der Waals surface area contributed by atoms with Gasteiger partial charge in [-0.15, -0.1) is 0 Å². The summed E-state index contributed by atoms with van der Waals surface area (Å²) in [7, 11) is 1.60. The smallest absolute Gasteiger partial charge is 0.224 e. The van der Waals surface area contributed by atoms with Crippen LogP contribution in [0.25, 0.3) is 0 Å². The molecule has 0 spiro atoms. The maximum absolute atomic E-state index is 13.1. The number of carbonyl (C=O) groups is 1. The minimum Gasteiger partial charge on any atom is -0.496 e. The summed E-state index contributed by atoms with van der Waals surface area (Å²) in [5.41, 5.74) is 1.61. The molecule has 3 nitrogen and oxygen atoms in total. The van der Waals surface area contributed by atoms with Crippen molar-refractivity contribution in [1.29, 1.82) is 0 Å². The van der Waals surface area contributed by atoms with Crippen LogP contribution < -0.4 is 10.1 Å². The van der Waals surface area contributed by atoms with Crippen molar-refractivity contribution in [3.8, 4) is 5.75 Å². The Labute approximate surface area is 137 Å². The Morgan fingerprint density at radius 3 is 2.73 bits per heavy atom. The summed E-state index contributed by atoms with van der Waals surface area (Å²) in [6.07, 6.45) is 0.152. The Morgan fingerprint density at radius 1 is 1.32 bits per heavy atom. The van der Waals surface area contributed by atoms with E-state index in [-0.39, 0.29) is 24.2 Å². The molecule has 0 aromatic heterocycles. The molecular formula is C17H17BrFNO2. The quantitative estimate of drug-likeness (QED) is 0.868. The standard InChI is InChI=1S/C17H17BrFNO2/c1-11(13-6-7-16(22-2)15(18)10-13)20-17(21)9-12-4-3-5-14(19)8-12/h3-8,10-11H,9H2,1-2H3,(H,20,21). The molecule has 0 aliphatic heterocycles. The maximum Gasteiger partial charge on any atom is 0.224 e. The van der Waals surface area contributed by atoms with Crippen molar-refractivity contribution in [3.63, 3.8) is 0 Å². The van der Waals surface area contributed by atoms with Crippen LogP contribution in [0.5, 0.6) is 5.75 Å². The Bertz CT molecular complexity index is 675. The van der Waals surface area contributed by atoms with E-state index in [2.05, 4.69) is 21.2 Å². The molecule has 0 aliphatic rings. The van der Waals surface area contributed by atoms with E-state index >= 15 is 0 Å². The summed E-state index contributed by atoms with van der Waals surface area (Å²) >= 11 is 3.42. The summed E-state index contributed by atoms with van der Waals surface area (Å²) in [5, 5.41) is 2.91. The summed E-state index contributed by atoms with van der Waals surface area (Å²) in [4.78, 5) is 12.0. The lowest BCUT2D eigenvalue weighted by Gasteiger charge is -2.15. The molecule has 2 rings (SSSR count). The van der Waals surface area contributed by atoms with Gasteiger partial charge in [-0.1, -0.05) is 18.2 Å². The normalized spacial score (nSPS) is 11.8. The molecule has 0 fully saturated rings. The first kappa shape index (κ1) is 16.5. The molecule has 0 saturated heterocycles. The van der Waals surface area contributed by atoms with Crippen molar-refractivity contribution in [2.45, 2.75) is 19.4 Å². The van der Waals surface area contributed by atoms with Crippen LogP contribution in [-0.4, -0.2) is 13.0 Å². The number of carbonyl (C=O) groups excluding carboxylic acids is 1. The molecule has 1 N–H and O–H groups in total. The van der Waals surface area contributed by atoms with E-state index in [1.165, 1.54) is 12.1 Å². The number of hydrogen-bond acceptors (Lipinski definition) is 2. The molecule has 0 bridgehead atoms. The number of nitrogens with one attached hydrogen (secondary N) is 1. The van der Waals surface area contributed by atoms with Crippen LogP contribution >= 0.6 is 15.9 Å². The third-order valence-corrected chi connectivity index (χ3v) is 3.93. The largest absolute Gasteiger partial charge is 0.496 e. The van der Waals surface area contributed by atoms with Crippen molar-refractivity contribution < 1.29 is 13.9 Å². The van der Waals surface area contributed by atoms with E-state index < -0.39 is 0 Å². The third-order valence-electron chi connectivity index (χ3n) is 3.31. The molecule has 1 atom stereocenters. The maximum atomic E-state index is 13.1. The van der Waals surface area contributed by atoms with Crippen molar-refractivity contribution in [3.05, 3.63) is 63.9 Å². The Kier molecular flexibility index (Phi) is 5.55. The fourth-order valence-electron chi connectivity index (χ4n) is 2.16. The minimum absolute atomic E-state index is 0.148. The van der Waals surface area contributed by atoms with Gasteiger partial charge in [-0.3, -0.25) is 4.79 Å². The molecule has 0 saturated carbocycles. The van der Waals surface area contributed by atoms with Crippen LogP contribution in [0.1, 0.15) is 24.1 Å². The molecule has 116 valence electrons. The van der Waals surface area contributed by atoms with Crippen LogP contribution in [0.15, 0.2) is 46.9 Å². The predicted octanol–water partition coefficient (Wildman–Crippen LogP) is 4.02. The van der Waals surface area contributed by atoms with E-state index in [0.29, 0.717) is 5.56 Å². The van der Waals surface area contributed by atoms with Gasteiger partial charge in [0, 0.05) is 0 Å². The number of benzene rings is 2. The van der Waals surface area contributed by atoms with Crippen molar-refractivity contribution in [2.75, 3.05) is 7.11 Å². The fraction of sp³-hybridized carbons (Fsp3) is 0.235. The van der Waals surface area contributed by atoms with Crippen LogP contribution in [0.4, 0.5) is 4.39 Å². The molecular weight excluding hydrogens is 349 g/mol. The second-order valence-electron chi connectivity index (χ2n) is 4.99. The molecule has 1 amide bonds. The molecule has 5 heteroatoms.